The quantitative estimate of drug-likeness (QED) is 0.681. The molecule has 8 nitrogen and oxygen atoms in total. The molecule has 0 radical (unpaired) electrons. The Kier molecular flexibility index (Phi) is 4.79. The van der Waals surface area contributed by atoms with Gasteiger partial charge in [0, 0.05) is 30.9 Å². The van der Waals surface area contributed by atoms with Crippen molar-refractivity contribution in [3.05, 3.63) is 66.6 Å². The normalized spacial score (nSPS) is 12.0. The molecule has 1 N–H and O–H groups in total. The number of nitrogens with zero attached hydrogens (tertiary/aromatic N) is 3. The lowest BCUT2D eigenvalue weighted by atomic mass is 10.3. The Balaban J connectivity index is 1.75. The van der Waals surface area contributed by atoms with Gasteiger partial charge in [0.15, 0.2) is 15.7 Å². The standard InChI is InChI=1S/C16H16N4O4S2/c1-25(21,22)14-2-4-15(5-3-14)26(23,24)19-16-8-11-20(18-16)12-13-6-9-17-10-7-13/h2-11H,12H2,1H3,(H,18,19). The minimum atomic E-state index is -3.87. The SMILES string of the molecule is CS(=O)(=O)c1ccc(S(=O)(=O)Nc2ccn(Cc3ccncc3)n2)cc1. The molecule has 0 spiro atoms. The van der Waals surface area contributed by atoms with E-state index in [2.05, 4.69) is 14.8 Å². The first-order valence-electron chi connectivity index (χ1n) is 7.49. The number of aromatic nitrogens is 3. The van der Waals surface area contributed by atoms with Crippen LogP contribution in [0.15, 0.2) is 70.8 Å². The molecule has 0 bridgehead atoms. The molecule has 2 heterocycles. The summed E-state index contributed by atoms with van der Waals surface area (Å²) >= 11 is 0. The van der Waals surface area contributed by atoms with Crippen molar-refractivity contribution in [1.29, 1.82) is 0 Å². The maximum absolute atomic E-state index is 12.4. The van der Waals surface area contributed by atoms with Gasteiger partial charge in [-0.2, -0.15) is 5.10 Å². The first kappa shape index (κ1) is 18.1. The van der Waals surface area contributed by atoms with E-state index in [0.29, 0.717) is 6.54 Å². The Morgan fingerprint density at radius 2 is 1.54 bits per heavy atom. The average Bonchev–Trinajstić information content (AvgIpc) is 3.01. The Labute approximate surface area is 151 Å². The molecular weight excluding hydrogens is 376 g/mol. The molecule has 0 unspecified atom stereocenters. The van der Waals surface area contributed by atoms with Crippen LogP contribution in [0.25, 0.3) is 0 Å². The van der Waals surface area contributed by atoms with Crippen LogP contribution >= 0.6 is 0 Å². The van der Waals surface area contributed by atoms with Gasteiger partial charge in [0.1, 0.15) is 0 Å². The fourth-order valence-corrected chi connectivity index (χ4v) is 3.87. The number of benzene rings is 1. The number of sulfonamides is 1. The van der Waals surface area contributed by atoms with E-state index in [1.54, 1.807) is 29.3 Å². The van der Waals surface area contributed by atoms with Crippen molar-refractivity contribution in [2.45, 2.75) is 16.3 Å². The van der Waals surface area contributed by atoms with Gasteiger partial charge in [-0.05, 0) is 42.0 Å². The van der Waals surface area contributed by atoms with Crippen LogP contribution in [0.4, 0.5) is 5.82 Å². The third-order valence-corrected chi connectivity index (χ3v) is 6.03. The van der Waals surface area contributed by atoms with Gasteiger partial charge in [0.05, 0.1) is 16.3 Å². The van der Waals surface area contributed by atoms with Gasteiger partial charge < -0.3 is 0 Å². The van der Waals surface area contributed by atoms with Crippen molar-refractivity contribution in [3.8, 4) is 0 Å². The Morgan fingerprint density at radius 1 is 0.923 bits per heavy atom. The molecule has 136 valence electrons. The van der Waals surface area contributed by atoms with Gasteiger partial charge in [0.25, 0.3) is 10.0 Å². The summed E-state index contributed by atoms with van der Waals surface area (Å²) in [6, 6.07) is 10.2. The lowest BCUT2D eigenvalue weighted by Gasteiger charge is -2.06. The van der Waals surface area contributed by atoms with E-state index < -0.39 is 19.9 Å². The summed E-state index contributed by atoms with van der Waals surface area (Å²) in [6.45, 7) is 0.479. The second-order valence-corrected chi connectivity index (χ2v) is 9.30. The molecule has 1 aromatic carbocycles. The largest absolute Gasteiger partial charge is 0.266 e. The lowest BCUT2D eigenvalue weighted by molar-refractivity contribution is 0.597. The number of nitrogens with one attached hydrogen (secondary N) is 1. The molecule has 0 saturated carbocycles. The molecule has 26 heavy (non-hydrogen) atoms. The summed E-state index contributed by atoms with van der Waals surface area (Å²) < 4.78 is 51.7. The summed E-state index contributed by atoms with van der Waals surface area (Å²) in [5, 5.41) is 4.18. The predicted octanol–water partition coefficient (Wildman–Crippen LogP) is 1.53. The topological polar surface area (TPSA) is 111 Å². The highest BCUT2D eigenvalue weighted by Crippen LogP contribution is 2.17. The molecule has 3 rings (SSSR count). The van der Waals surface area contributed by atoms with Crippen molar-refractivity contribution in [2.24, 2.45) is 0 Å². The molecule has 3 aromatic rings. The fourth-order valence-electron chi connectivity index (χ4n) is 2.24. The molecule has 0 aliphatic rings. The number of anilines is 1. The Bertz CT molecular complexity index is 1110. The number of hydrogen-bond donors (Lipinski definition) is 1. The molecule has 0 fully saturated rings. The summed E-state index contributed by atoms with van der Waals surface area (Å²) in [6.07, 6.45) is 6.06. The van der Waals surface area contributed by atoms with Crippen LogP contribution < -0.4 is 4.72 Å². The van der Waals surface area contributed by atoms with Crippen LogP contribution in [0, 0.1) is 0 Å². The van der Waals surface area contributed by atoms with Crippen LogP contribution in [0.1, 0.15) is 5.56 Å². The van der Waals surface area contributed by atoms with E-state index in [9.17, 15) is 16.8 Å². The third kappa shape index (κ3) is 4.27. The maximum atomic E-state index is 12.4. The molecule has 10 heteroatoms. The van der Waals surface area contributed by atoms with E-state index in [0.717, 1.165) is 11.8 Å². The van der Waals surface area contributed by atoms with Crippen molar-refractivity contribution in [2.75, 3.05) is 11.0 Å². The summed E-state index contributed by atoms with van der Waals surface area (Å²) in [4.78, 5) is 3.94. The second kappa shape index (κ2) is 6.89. The molecule has 0 saturated heterocycles. The number of pyridine rings is 1. The highest BCUT2D eigenvalue weighted by molar-refractivity contribution is 7.92. The van der Waals surface area contributed by atoms with E-state index in [1.165, 1.54) is 24.3 Å². The number of sulfone groups is 1. The molecule has 2 aromatic heterocycles. The van der Waals surface area contributed by atoms with Crippen molar-refractivity contribution in [3.63, 3.8) is 0 Å². The highest BCUT2D eigenvalue weighted by Gasteiger charge is 2.17. The number of hydrogen-bond acceptors (Lipinski definition) is 6. The molecular formula is C16H16N4O4S2. The third-order valence-electron chi connectivity index (χ3n) is 3.54. The van der Waals surface area contributed by atoms with Crippen molar-refractivity contribution < 1.29 is 16.8 Å². The number of rotatable bonds is 6. The van der Waals surface area contributed by atoms with Crippen molar-refractivity contribution >= 4 is 25.7 Å². The van der Waals surface area contributed by atoms with Crippen LogP contribution in [0.2, 0.25) is 0 Å². The van der Waals surface area contributed by atoms with E-state index >= 15 is 0 Å². The van der Waals surface area contributed by atoms with Crippen LogP contribution in [-0.4, -0.2) is 37.9 Å². The van der Waals surface area contributed by atoms with E-state index in [4.69, 9.17) is 0 Å². The lowest BCUT2D eigenvalue weighted by Crippen LogP contribution is -2.14. The summed E-state index contributed by atoms with van der Waals surface area (Å²) in [5.74, 6) is 0.172. The Hall–Kier alpha value is -2.72. The van der Waals surface area contributed by atoms with Gasteiger partial charge in [-0.3, -0.25) is 14.4 Å². The zero-order valence-electron chi connectivity index (χ0n) is 13.8. The molecule has 0 atom stereocenters. The van der Waals surface area contributed by atoms with Gasteiger partial charge in [-0.25, -0.2) is 16.8 Å². The van der Waals surface area contributed by atoms with Crippen molar-refractivity contribution in [1.82, 2.24) is 14.8 Å². The molecule has 0 aliphatic heterocycles. The van der Waals surface area contributed by atoms with Crippen LogP contribution in [-0.2, 0) is 26.4 Å². The van der Waals surface area contributed by atoms with Gasteiger partial charge in [-0.1, -0.05) is 0 Å². The fraction of sp³-hybridized carbons (Fsp3) is 0.125. The minimum Gasteiger partial charge on any atom is -0.266 e. The highest BCUT2D eigenvalue weighted by atomic mass is 32.2. The molecule has 0 amide bonds. The first-order chi connectivity index (χ1) is 12.2. The van der Waals surface area contributed by atoms with Gasteiger partial charge >= 0.3 is 0 Å². The smallest absolute Gasteiger partial charge is 0.263 e. The summed E-state index contributed by atoms with van der Waals surface area (Å²) in [5.41, 5.74) is 0.980. The first-order valence-corrected chi connectivity index (χ1v) is 10.9. The van der Waals surface area contributed by atoms with Crippen LogP contribution in [0.5, 0.6) is 0 Å². The zero-order valence-corrected chi connectivity index (χ0v) is 15.4. The van der Waals surface area contributed by atoms with E-state index in [1.807, 2.05) is 12.1 Å². The molecule has 0 aliphatic carbocycles. The van der Waals surface area contributed by atoms with Gasteiger partial charge in [0.2, 0.25) is 0 Å². The van der Waals surface area contributed by atoms with Crippen LogP contribution in [0.3, 0.4) is 0 Å². The zero-order chi connectivity index (χ0) is 18.8. The maximum Gasteiger partial charge on any atom is 0.263 e. The average molecular weight is 392 g/mol. The predicted molar refractivity (Wildman–Crippen MR) is 95.9 cm³/mol. The Morgan fingerprint density at radius 3 is 2.15 bits per heavy atom. The van der Waals surface area contributed by atoms with Gasteiger partial charge in [-0.15, -0.1) is 0 Å². The second-order valence-electron chi connectivity index (χ2n) is 5.60. The minimum absolute atomic E-state index is 0.0476. The summed E-state index contributed by atoms with van der Waals surface area (Å²) in [7, 11) is -7.25. The monoisotopic (exact) mass is 392 g/mol. The van der Waals surface area contributed by atoms with E-state index in [-0.39, 0.29) is 15.6 Å².